The maximum Gasteiger partial charge on any atom is 0.276 e. The Hall–Kier alpha value is -3.33. The molecule has 3 aromatic rings. The van der Waals surface area contributed by atoms with Gasteiger partial charge in [0.2, 0.25) is 5.88 Å². The topological polar surface area (TPSA) is 97.5 Å². The van der Waals surface area contributed by atoms with Gasteiger partial charge in [-0.05, 0) is 31.7 Å². The zero-order chi connectivity index (χ0) is 20.7. The number of carbonyl (C=O) groups excluding carboxylic acids is 1. The molecule has 2 aliphatic heterocycles. The van der Waals surface area contributed by atoms with Crippen molar-refractivity contribution in [3.63, 3.8) is 0 Å². The number of nitrogens with zero attached hydrogens (tertiary/aromatic N) is 6. The van der Waals surface area contributed by atoms with Gasteiger partial charge in [0.1, 0.15) is 5.69 Å². The predicted octanol–water partition coefficient (Wildman–Crippen LogP) is 2.05. The second-order valence-electron chi connectivity index (χ2n) is 8.06. The van der Waals surface area contributed by atoms with Crippen LogP contribution in [0, 0.1) is 5.41 Å². The molecule has 0 aliphatic carbocycles. The predicted molar refractivity (Wildman–Crippen MR) is 107 cm³/mol. The first kappa shape index (κ1) is 18.7. The summed E-state index contributed by atoms with van der Waals surface area (Å²) < 4.78 is 10.5. The third-order valence-electron chi connectivity index (χ3n) is 5.90. The van der Waals surface area contributed by atoms with Crippen molar-refractivity contribution in [3.8, 4) is 17.5 Å². The Morgan fingerprint density at radius 2 is 2.07 bits per heavy atom. The van der Waals surface area contributed by atoms with Gasteiger partial charge >= 0.3 is 0 Å². The second-order valence-corrected chi connectivity index (χ2v) is 8.06. The van der Waals surface area contributed by atoms with E-state index >= 15 is 0 Å². The van der Waals surface area contributed by atoms with Crippen LogP contribution in [0.5, 0.6) is 5.88 Å². The Morgan fingerprint density at radius 3 is 2.77 bits per heavy atom. The summed E-state index contributed by atoms with van der Waals surface area (Å²) in [5.74, 6) is 1.59. The van der Waals surface area contributed by atoms with Crippen LogP contribution in [0.2, 0.25) is 0 Å². The molecule has 2 aliphatic rings. The molecule has 0 radical (unpaired) electrons. The first-order chi connectivity index (χ1) is 14.6. The van der Waals surface area contributed by atoms with E-state index in [0.29, 0.717) is 41.9 Å². The largest absolute Gasteiger partial charge is 0.481 e. The highest BCUT2D eigenvalue weighted by Crippen LogP contribution is 2.47. The number of rotatable bonds is 4. The van der Waals surface area contributed by atoms with E-state index in [1.54, 1.807) is 31.6 Å². The summed E-state index contributed by atoms with van der Waals surface area (Å²) in [6.45, 7) is 2.31. The fourth-order valence-corrected chi connectivity index (χ4v) is 4.47. The van der Waals surface area contributed by atoms with E-state index in [1.807, 2.05) is 23.1 Å². The zero-order valence-electron chi connectivity index (χ0n) is 16.9. The van der Waals surface area contributed by atoms with Crippen LogP contribution in [0.25, 0.3) is 11.6 Å². The van der Waals surface area contributed by atoms with Gasteiger partial charge in [0.05, 0.1) is 18.7 Å². The van der Waals surface area contributed by atoms with Crippen LogP contribution >= 0.6 is 0 Å². The number of pyridine rings is 2. The number of carbonyl (C=O) groups is 1. The van der Waals surface area contributed by atoms with E-state index in [9.17, 15) is 4.79 Å². The molecule has 154 valence electrons. The Bertz CT molecular complexity index is 1050. The number of hydrogen-bond acceptors (Lipinski definition) is 8. The average molecular weight is 406 g/mol. The van der Waals surface area contributed by atoms with Crippen molar-refractivity contribution in [2.24, 2.45) is 5.41 Å². The molecule has 5 rings (SSSR count). The molecule has 0 aromatic carbocycles. The summed E-state index contributed by atoms with van der Waals surface area (Å²) in [5, 5.41) is 4.20. The lowest BCUT2D eigenvalue weighted by Crippen LogP contribution is -2.59. The number of ether oxygens (including phenoxy) is 1. The summed E-state index contributed by atoms with van der Waals surface area (Å²) in [6, 6.07) is 9.10. The normalized spacial score (nSPS) is 20.3. The SMILES string of the molecule is COc1ccc(C(=O)N2CC3(CC(c4noc(-c5ccccn5)n4)N(C)C3)C2)cn1. The van der Waals surface area contributed by atoms with Crippen LogP contribution < -0.4 is 4.74 Å². The van der Waals surface area contributed by atoms with E-state index < -0.39 is 0 Å². The number of likely N-dealkylation sites (tertiary alicyclic amines) is 2. The van der Waals surface area contributed by atoms with Crippen molar-refractivity contribution < 1.29 is 14.1 Å². The Kier molecular flexibility index (Phi) is 4.47. The Morgan fingerprint density at radius 1 is 1.20 bits per heavy atom. The van der Waals surface area contributed by atoms with Gasteiger partial charge in [0, 0.05) is 43.5 Å². The number of methoxy groups -OCH3 is 1. The van der Waals surface area contributed by atoms with E-state index in [1.165, 1.54) is 0 Å². The summed E-state index contributed by atoms with van der Waals surface area (Å²) in [7, 11) is 3.62. The molecule has 0 bridgehead atoms. The van der Waals surface area contributed by atoms with Gasteiger partial charge in [-0.15, -0.1) is 0 Å². The summed E-state index contributed by atoms with van der Waals surface area (Å²) in [4.78, 5) is 29.8. The molecule has 1 spiro atoms. The molecule has 1 amide bonds. The number of aromatic nitrogens is 4. The van der Waals surface area contributed by atoms with Crippen LogP contribution in [0.3, 0.4) is 0 Å². The molecule has 2 fully saturated rings. The van der Waals surface area contributed by atoms with Gasteiger partial charge < -0.3 is 14.2 Å². The van der Waals surface area contributed by atoms with Crippen molar-refractivity contribution in [2.75, 3.05) is 33.8 Å². The maximum atomic E-state index is 12.7. The molecule has 0 saturated carbocycles. The van der Waals surface area contributed by atoms with Crippen LogP contribution in [0.15, 0.2) is 47.2 Å². The van der Waals surface area contributed by atoms with Gasteiger partial charge in [0.25, 0.3) is 11.8 Å². The second kappa shape index (κ2) is 7.17. The fourth-order valence-electron chi connectivity index (χ4n) is 4.47. The Balaban J connectivity index is 1.25. The highest BCUT2D eigenvalue weighted by atomic mass is 16.5. The number of amides is 1. The standard InChI is InChI=1S/C21H22N6O3/c1-26-11-21(12-27(13-21)20(28)14-6-7-17(29-2)23-10-14)9-16(26)18-24-19(30-25-18)15-5-3-4-8-22-15/h3-8,10,16H,9,11-13H2,1-2H3. The third kappa shape index (κ3) is 3.21. The summed E-state index contributed by atoms with van der Waals surface area (Å²) >= 11 is 0. The molecule has 1 unspecified atom stereocenters. The van der Waals surface area contributed by atoms with Gasteiger partial charge in [0.15, 0.2) is 5.82 Å². The van der Waals surface area contributed by atoms with Crippen molar-refractivity contribution in [2.45, 2.75) is 12.5 Å². The van der Waals surface area contributed by atoms with Crippen LogP contribution in [-0.2, 0) is 0 Å². The lowest BCUT2D eigenvalue weighted by molar-refractivity contribution is 0.0115. The molecular formula is C21H22N6O3. The molecule has 3 aromatic heterocycles. The third-order valence-corrected chi connectivity index (χ3v) is 5.90. The van der Waals surface area contributed by atoms with Crippen LogP contribution in [-0.4, -0.2) is 69.6 Å². The smallest absolute Gasteiger partial charge is 0.276 e. The average Bonchev–Trinajstić information content (AvgIpc) is 3.38. The minimum absolute atomic E-state index is 0.00104. The molecule has 9 nitrogen and oxygen atoms in total. The van der Waals surface area contributed by atoms with Crippen molar-refractivity contribution in [3.05, 3.63) is 54.1 Å². The zero-order valence-corrected chi connectivity index (χ0v) is 16.9. The van der Waals surface area contributed by atoms with E-state index in [-0.39, 0.29) is 17.4 Å². The highest BCUT2D eigenvalue weighted by molar-refractivity contribution is 5.94. The van der Waals surface area contributed by atoms with Crippen LogP contribution in [0.4, 0.5) is 0 Å². The summed E-state index contributed by atoms with van der Waals surface area (Å²) in [6.07, 6.45) is 4.15. The first-order valence-corrected chi connectivity index (χ1v) is 9.81. The van der Waals surface area contributed by atoms with Gasteiger partial charge in [-0.2, -0.15) is 4.98 Å². The number of hydrogen-bond donors (Lipinski definition) is 0. The lowest BCUT2D eigenvalue weighted by atomic mass is 9.77. The van der Waals surface area contributed by atoms with Crippen molar-refractivity contribution >= 4 is 5.91 Å². The molecule has 2 saturated heterocycles. The maximum absolute atomic E-state index is 12.7. The molecule has 5 heterocycles. The quantitative estimate of drug-likeness (QED) is 0.649. The van der Waals surface area contributed by atoms with E-state index in [2.05, 4.69) is 32.1 Å². The van der Waals surface area contributed by atoms with Gasteiger partial charge in [-0.25, -0.2) is 4.98 Å². The molecule has 9 heteroatoms. The summed E-state index contributed by atoms with van der Waals surface area (Å²) in [5.41, 5.74) is 1.30. The Labute approximate surface area is 173 Å². The first-order valence-electron chi connectivity index (χ1n) is 9.81. The van der Waals surface area contributed by atoms with Gasteiger partial charge in [-0.3, -0.25) is 14.7 Å². The fraction of sp³-hybridized carbons (Fsp3) is 0.381. The molecule has 0 N–H and O–H groups in total. The van der Waals surface area contributed by atoms with E-state index in [0.717, 1.165) is 13.0 Å². The minimum Gasteiger partial charge on any atom is -0.481 e. The monoisotopic (exact) mass is 406 g/mol. The van der Waals surface area contributed by atoms with E-state index in [4.69, 9.17) is 9.26 Å². The molecular weight excluding hydrogens is 384 g/mol. The lowest BCUT2D eigenvalue weighted by Gasteiger charge is -2.48. The molecule has 1 atom stereocenters. The van der Waals surface area contributed by atoms with Gasteiger partial charge in [-0.1, -0.05) is 11.2 Å². The van der Waals surface area contributed by atoms with Crippen LogP contribution in [0.1, 0.15) is 28.6 Å². The van der Waals surface area contributed by atoms with Crippen molar-refractivity contribution in [1.29, 1.82) is 0 Å². The molecule has 30 heavy (non-hydrogen) atoms. The highest BCUT2D eigenvalue weighted by Gasteiger charge is 2.53. The minimum atomic E-state index is -0.00104. The van der Waals surface area contributed by atoms with Crippen molar-refractivity contribution in [1.82, 2.24) is 29.9 Å².